The summed E-state index contributed by atoms with van der Waals surface area (Å²) in [5.41, 5.74) is 5.81. The highest BCUT2D eigenvalue weighted by atomic mass is 35.5. The van der Waals surface area contributed by atoms with Gasteiger partial charge in [-0.3, -0.25) is 0 Å². The summed E-state index contributed by atoms with van der Waals surface area (Å²) in [6.07, 6.45) is 0. The van der Waals surface area contributed by atoms with Crippen LogP contribution in [0.25, 0.3) is 10.1 Å². The van der Waals surface area contributed by atoms with Gasteiger partial charge in [-0.2, -0.15) is 0 Å². The Bertz CT molecular complexity index is 521. The Kier molecular flexibility index (Phi) is 2.09. The molecule has 1 heterocycles. The first-order chi connectivity index (χ1) is 6.61. The molecule has 0 aliphatic rings. The molecule has 0 radical (unpaired) electrons. The number of carboxylic acids is 1. The van der Waals surface area contributed by atoms with Gasteiger partial charge in [-0.05, 0) is 12.1 Å². The number of carbonyl (C=O) groups is 1. The first-order valence-corrected chi connectivity index (χ1v) is 5.00. The van der Waals surface area contributed by atoms with E-state index >= 15 is 0 Å². The molecule has 1 aromatic heterocycles. The molecular formula is C9H6ClNO2S. The van der Waals surface area contributed by atoms with Crippen LogP contribution in [-0.4, -0.2) is 11.1 Å². The number of fused-ring (bicyclic) bond motifs is 1. The molecule has 0 bridgehead atoms. The van der Waals surface area contributed by atoms with E-state index in [9.17, 15) is 4.79 Å². The van der Waals surface area contributed by atoms with Crippen LogP contribution >= 0.6 is 22.9 Å². The lowest BCUT2D eigenvalue weighted by atomic mass is 10.1. The molecule has 5 heteroatoms. The zero-order valence-electron chi connectivity index (χ0n) is 6.95. The predicted molar refractivity (Wildman–Crippen MR) is 58.2 cm³/mol. The van der Waals surface area contributed by atoms with E-state index in [-0.39, 0.29) is 5.56 Å². The number of thiophene rings is 1. The molecule has 0 saturated carbocycles. The maximum atomic E-state index is 10.9. The molecule has 0 unspecified atom stereocenters. The largest absolute Gasteiger partial charge is 0.478 e. The van der Waals surface area contributed by atoms with Crippen molar-refractivity contribution in [2.24, 2.45) is 0 Å². The molecule has 0 aliphatic carbocycles. The third-order valence-electron chi connectivity index (χ3n) is 1.91. The fourth-order valence-corrected chi connectivity index (χ4v) is 2.57. The van der Waals surface area contributed by atoms with Gasteiger partial charge in [-0.1, -0.05) is 17.7 Å². The second-order valence-electron chi connectivity index (χ2n) is 2.76. The summed E-state index contributed by atoms with van der Waals surface area (Å²) >= 11 is 7.21. The van der Waals surface area contributed by atoms with Crippen molar-refractivity contribution in [2.75, 3.05) is 5.73 Å². The molecule has 14 heavy (non-hydrogen) atoms. The topological polar surface area (TPSA) is 63.3 Å². The number of rotatable bonds is 1. The average molecular weight is 228 g/mol. The monoisotopic (exact) mass is 227 g/mol. The summed E-state index contributed by atoms with van der Waals surface area (Å²) in [4.78, 5) is 10.9. The van der Waals surface area contributed by atoms with Gasteiger partial charge in [-0.15, -0.1) is 11.3 Å². The Morgan fingerprint density at radius 1 is 1.50 bits per heavy atom. The quantitative estimate of drug-likeness (QED) is 0.788. The van der Waals surface area contributed by atoms with Crippen LogP contribution in [0.3, 0.4) is 0 Å². The molecule has 2 rings (SSSR count). The second kappa shape index (κ2) is 3.15. The van der Waals surface area contributed by atoms with E-state index in [1.165, 1.54) is 17.4 Å². The lowest BCUT2D eigenvalue weighted by molar-refractivity contribution is 0.0699. The van der Waals surface area contributed by atoms with Crippen molar-refractivity contribution in [1.29, 1.82) is 0 Å². The Morgan fingerprint density at radius 3 is 2.86 bits per heavy atom. The lowest BCUT2D eigenvalue weighted by Crippen LogP contribution is -1.96. The first kappa shape index (κ1) is 9.30. The van der Waals surface area contributed by atoms with Crippen molar-refractivity contribution in [3.63, 3.8) is 0 Å². The van der Waals surface area contributed by atoms with Crippen LogP contribution in [0.15, 0.2) is 18.2 Å². The molecule has 0 fully saturated rings. The Hall–Kier alpha value is -1.26. The van der Waals surface area contributed by atoms with Crippen molar-refractivity contribution in [1.82, 2.24) is 0 Å². The van der Waals surface area contributed by atoms with E-state index < -0.39 is 5.97 Å². The van der Waals surface area contributed by atoms with Gasteiger partial charge in [0.1, 0.15) is 5.00 Å². The van der Waals surface area contributed by atoms with Gasteiger partial charge in [-0.25, -0.2) is 4.79 Å². The third kappa shape index (κ3) is 1.23. The lowest BCUT2D eigenvalue weighted by Gasteiger charge is -1.96. The number of aromatic carboxylic acids is 1. The minimum Gasteiger partial charge on any atom is -0.478 e. The normalized spacial score (nSPS) is 10.6. The number of anilines is 1. The summed E-state index contributed by atoms with van der Waals surface area (Å²) in [5.74, 6) is -0.990. The number of nitrogen functional groups attached to an aromatic ring is 1. The van der Waals surface area contributed by atoms with E-state index in [1.807, 2.05) is 0 Å². The molecule has 0 saturated heterocycles. The van der Waals surface area contributed by atoms with E-state index in [1.54, 1.807) is 12.1 Å². The summed E-state index contributed by atoms with van der Waals surface area (Å²) in [6, 6.07) is 5.00. The molecular weight excluding hydrogens is 222 g/mol. The standard InChI is InChI=1S/C9H6ClNO2S/c10-7-6-4(9(12)13)2-1-3-5(6)14-8(7)11/h1-3H,11H2,(H,12,13). The second-order valence-corrected chi connectivity index (χ2v) is 4.23. The maximum absolute atomic E-state index is 10.9. The van der Waals surface area contributed by atoms with Crippen molar-refractivity contribution >= 4 is 44.0 Å². The van der Waals surface area contributed by atoms with Crippen LogP contribution in [0.1, 0.15) is 10.4 Å². The predicted octanol–water partition coefficient (Wildman–Crippen LogP) is 2.84. The molecule has 3 N–H and O–H groups in total. The van der Waals surface area contributed by atoms with Gasteiger partial charge < -0.3 is 10.8 Å². The molecule has 0 atom stereocenters. The minimum atomic E-state index is -0.990. The van der Waals surface area contributed by atoms with E-state index in [0.717, 1.165) is 4.70 Å². The van der Waals surface area contributed by atoms with Crippen molar-refractivity contribution in [3.05, 3.63) is 28.8 Å². The molecule has 0 aliphatic heterocycles. The van der Waals surface area contributed by atoms with Gasteiger partial charge in [0.15, 0.2) is 0 Å². The smallest absolute Gasteiger partial charge is 0.336 e. The SMILES string of the molecule is Nc1sc2cccc(C(=O)O)c2c1Cl. The maximum Gasteiger partial charge on any atom is 0.336 e. The van der Waals surface area contributed by atoms with Gasteiger partial charge in [0.05, 0.1) is 10.6 Å². The highest BCUT2D eigenvalue weighted by Gasteiger charge is 2.15. The molecule has 0 amide bonds. The number of nitrogens with two attached hydrogens (primary N) is 1. The number of hydrogen-bond donors (Lipinski definition) is 2. The third-order valence-corrected chi connectivity index (χ3v) is 3.40. The zero-order chi connectivity index (χ0) is 10.3. The average Bonchev–Trinajstić information content (AvgIpc) is 2.43. The molecule has 2 aromatic rings. The summed E-state index contributed by atoms with van der Waals surface area (Å²) in [6.45, 7) is 0. The van der Waals surface area contributed by atoms with Crippen molar-refractivity contribution in [3.8, 4) is 0 Å². The number of hydrogen-bond acceptors (Lipinski definition) is 3. The van der Waals surface area contributed by atoms with Crippen LogP contribution in [0.4, 0.5) is 5.00 Å². The number of carboxylic acid groups (broad SMARTS) is 1. The van der Waals surface area contributed by atoms with Crippen LogP contribution < -0.4 is 5.73 Å². The van der Waals surface area contributed by atoms with E-state index in [2.05, 4.69) is 0 Å². The van der Waals surface area contributed by atoms with Crippen LogP contribution in [-0.2, 0) is 0 Å². The Labute approximate surface area is 88.7 Å². The minimum absolute atomic E-state index is 0.195. The van der Waals surface area contributed by atoms with Gasteiger partial charge in [0, 0.05) is 10.1 Å². The van der Waals surface area contributed by atoms with Crippen molar-refractivity contribution in [2.45, 2.75) is 0 Å². The van der Waals surface area contributed by atoms with E-state index in [0.29, 0.717) is 15.4 Å². The van der Waals surface area contributed by atoms with Crippen molar-refractivity contribution < 1.29 is 9.90 Å². The fraction of sp³-hybridized carbons (Fsp3) is 0. The zero-order valence-corrected chi connectivity index (χ0v) is 8.52. The summed E-state index contributed by atoms with van der Waals surface area (Å²) in [5, 5.41) is 10.2. The van der Waals surface area contributed by atoms with Gasteiger partial charge in [0.25, 0.3) is 0 Å². The first-order valence-electron chi connectivity index (χ1n) is 3.81. The van der Waals surface area contributed by atoms with Crippen LogP contribution in [0, 0.1) is 0 Å². The molecule has 0 spiro atoms. The fourth-order valence-electron chi connectivity index (χ4n) is 1.31. The number of benzene rings is 1. The van der Waals surface area contributed by atoms with Gasteiger partial charge in [0.2, 0.25) is 0 Å². The summed E-state index contributed by atoms with van der Waals surface area (Å²) in [7, 11) is 0. The van der Waals surface area contributed by atoms with Crippen LogP contribution in [0.2, 0.25) is 5.02 Å². The van der Waals surface area contributed by atoms with E-state index in [4.69, 9.17) is 22.4 Å². The molecule has 3 nitrogen and oxygen atoms in total. The summed E-state index contributed by atoms with van der Waals surface area (Å²) < 4.78 is 0.799. The molecule has 1 aromatic carbocycles. The highest BCUT2D eigenvalue weighted by molar-refractivity contribution is 7.23. The Morgan fingerprint density at radius 2 is 2.21 bits per heavy atom. The van der Waals surface area contributed by atoms with Crippen LogP contribution in [0.5, 0.6) is 0 Å². The Balaban J connectivity index is 2.91. The van der Waals surface area contributed by atoms with Gasteiger partial charge >= 0.3 is 5.97 Å². The highest BCUT2D eigenvalue weighted by Crippen LogP contribution is 2.39. The molecule has 72 valence electrons. The number of halogens is 1.